The molecule has 1 aromatic carbocycles. The van der Waals surface area contributed by atoms with E-state index >= 15 is 0 Å². The Balaban J connectivity index is 1.97. The normalized spacial score (nSPS) is 12.3. The third kappa shape index (κ3) is 5.27. The van der Waals surface area contributed by atoms with Gasteiger partial charge in [0.25, 0.3) is 0 Å². The standard InChI is InChI=1S/C20H29N3O2S/c1-13(2)12-23-15(4)14(3)22-20(23)26-16(5)19(24)21-11-17-7-9-18(25-6)10-8-17/h7-10,13,16H,11-12H2,1-6H3,(H,21,24)/t16-/m1/s1. The Bertz CT molecular complexity index is 738. The molecule has 5 nitrogen and oxygen atoms in total. The third-order valence-electron chi connectivity index (χ3n) is 4.25. The van der Waals surface area contributed by atoms with Crippen molar-refractivity contribution in [3.8, 4) is 5.75 Å². The molecule has 0 aliphatic heterocycles. The first-order valence-electron chi connectivity index (χ1n) is 8.92. The van der Waals surface area contributed by atoms with Crippen LogP contribution in [0.3, 0.4) is 0 Å². The van der Waals surface area contributed by atoms with E-state index in [1.54, 1.807) is 7.11 Å². The largest absolute Gasteiger partial charge is 0.497 e. The SMILES string of the molecule is COc1ccc(CNC(=O)[C@@H](C)Sc2nc(C)c(C)n2CC(C)C)cc1. The molecule has 6 heteroatoms. The summed E-state index contributed by atoms with van der Waals surface area (Å²) in [7, 11) is 1.64. The summed E-state index contributed by atoms with van der Waals surface area (Å²) in [5.74, 6) is 1.35. The number of thioether (sulfide) groups is 1. The van der Waals surface area contributed by atoms with Gasteiger partial charge < -0.3 is 14.6 Å². The fraction of sp³-hybridized carbons (Fsp3) is 0.500. The van der Waals surface area contributed by atoms with E-state index in [0.717, 1.165) is 28.7 Å². The summed E-state index contributed by atoms with van der Waals surface area (Å²) in [5, 5.41) is 3.71. The van der Waals surface area contributed by atoms with E-state index in [4.69, 9.17) is 4.74 Å². The predicted octanol–water partition coefficient (Wildman–Crippen LogP) is 3.96. The van der Waals surface area contributed by atoms with Gasteiger partial charge in [-0.25, -0.2) is 4.98 Å². The first kappa shape index (κ1) is 20.4. The molecule has 2 aromatic rings. The number of hydrogen-bond donors (Lipinski definition) is 1. The van der Waals surface area contributed by atoms with Crippen molar-refractivity contribution in [1.29, 1.82) is 0 Å². The van der Waals surface area contributed by atoms with Crippen molar-refractivity contribution in [1.82, 2.24) is 14.9 Å². The van der Waals surface area contributed by atoms with Gasteiger partial charge in [0.15, 0.2) is 5.16 Å². The van der Waals surface area contributed by atoms with Crippen molar-refractivity contribution in [2.45, 2.75) is 58.1 Å². The lowest BCUT2D eigenvalue weighted by atomic mass is 10.2. The van der Waals surface area contributed by atoms with Gasteiger partial charge in [0.2, 0.25) is 5.91 Å². The molecule has 2 rings (SSSR count). The maximum absolute atomic E-state index is 12.5. The molecule has 142 valence electrons. The van der Waals surface area contributed by atoms with Crippen molar-refractivity contribution in [3.63, 3.8) is 0 Å². The maximum Gasteiger partial charge on any atom is 0.233 e. The summed E-state index contributed by atoms with van der Waals surface area (Å²) in [6.45, 7) is 11.8. The van der Waals surface area contributed by atoms with Crippen molar-refractivity contribution < 1.29 is 9.53 Å². The highest BCUT2D eigenvalue weighted by molar-refractivity contribution is 8.00. The lowest BCUT2D eigenvalue weighted by Gasteiger charge is -2.15. The van der Waals surface area contributed by atoms with Crippen LogP contribution in [0.1, 0.15) is 37.7 Å². The Morgan fingerprint density at radius 1 is 1.23 bits per heavy atom. The molecular weight excluding hydrogens is 346 g/mol. The molecule has 0 saturated heterocycles. The monoisotopic (exact) mass is 375 g/mol. The van der Waals surface area contributed by atoms with Crippen LogP contribution >= 0.6 is 11.8 Å². The fourth-order valence-electron chi connectivity index (χ4n) is 2.58. The van der Waals surface area contributed by atoms with E-state index in [-0.39, 0.29) is 11.2 Å². The highest BCUT2D eigenvalue weighted by atomic mass is 32.2. The van der Waals surface area contributed by atoms with Gasteiger partial charge in [0.1, 0.15) is 5.75 Å². The second-order valence-electron chi connectivity index (χ2n) is 6.90. The van der Waals surface area contributed by atoms with E-state index in [1.165, 1.54) is 17.5 Å². The van der Waals surface area contributed by atoms with E-state index in [2.05, 4.69) is 35.6 Å². The number of methoxy groups -OCH3 is 1. The van der Waals surface area contributed by atoms with Crippen molar-refractivity contribution in [2.75, 3.05) is 7.11 Å². The molecular formula is C20H29N3O2S. The summed E-state index contributed by atoms with van der Waals surface area (Å²) >= 11 is 1.52. The highest BCUT2D eigenvalue weighted by Gasteiger charge is 2.20. The highest BCUT2D eigenvalue weighted by Crippen LogP contribution is 2.26. The molecule has 0 spiro atoms. The number of rotatable bonds is 8. The van der Waals surface area contributed by atoms with Crippen LogP contribution in [-0.2, 0) is 17.9 Å². The molecule has 1 heterocycles. The number of ether oxygens (including phenoxy) is 1. The molecule has 0 aliphatic carbocycles. The first-order chi connectivity index (χ1) is 12.3. The van der Waals surface area contributed by atoms with Gasteiger partial charge in [-0.05, 0) is 44.4 Å². The van der Waals surface area contributed by atoms with Crippen molar-refractivity contribution >= 4 is 17.7 Å². The molecule has 26 heavy (non-hydrogen) atoms. The van der Waals surface area contributed by atoms with E-state index in [1.807, 2.05) is 38.1 Å². The Labute approximate surface area is 160 Å². The van der Waals surface area contributed by atoms with Crippen molar-refractivity contribution in [2.24, 2.45) is 5.92 Å². The fourth-order valence-corrected chi connectivity index (χ4v) is 3.62. The zero-order chi connectivity index (χ0) is 19.3. The maximum atomic E-state index is 12.5. The third-order valence-corrected chi connectivity index (χ3v) is 5.34. The van der Waals surface area contributed by atoms with Gasteiger partial charge in [0, 0.05) is 18.8 Å². The number of amides is 1. The second-order valence-corrected chi connectivity index (χ2v) is 8.20. The van der Waals surface area contributed by atoms with Crippen molar-refractivity contribution in [3.05, 3.63) is 41.2 Å². The summed E-state index contributed by atoms with van der Waals surface area (Å²) < 4.78 is 7.37. The predicted molar refractivity (Wildman–Crippen MR) is 107 cm³/mol. The van der Waals surface area contributed by atoms with Gasteiger partial charge in [-0.1, -0.05) is 37.7 Å². The number of nitrogens with one attached hydrogen (secondary N) is 1. The number of aromatic nitrogens is 2. The average molecular weight is 376 g/mol. The van der Waals surface area contributed by atoms with Crippen LogP contribution in [0, 0.1) is 19.8 Å². The topological polar surface area (TPSA) is 56.1 Å². The molecule has 0 fully saturated rings. The van der Waals surface area contributed by atoms with Crippen LogP contribution in [0.2, 0.25) is 0 Å². The molecule has 0 unspecified atom stereocenters. The van der Waals surface area contributed by atoms with Crippen LogP contribution < -0.4 is 10.1 Å². The van der Waals surface area contributed by atoms with E-state index in [0.29, 0.717) is 12.5 Å². The Morgan fingerprint density at radius 2 is 1.88 bits per heavy atom. The van der Waals surface area contributed by atoms with Gasteiger partial charge in [0.05, 0.1) is 18.1 Å². The molecule has 0 saturated carbocycles. The quantitative estimate of drug-likeness (QED) is 0.710. The lowest BCUT2D eigenvalue weighted by Crippen LogP contribution is -2.30. The Morgan fingerprint density at radius 3 is 2.46 bits per heavy atom. The average Bonchev–Trinajstić information content (AvgIpc) is 2.87. The van der Waals surface area contributed by atoms with Gasteiger partial charge in [-0.15, -0.1) is 0 Å². The first-order valence-corrected chi connectivity index (χ1v) is 9.80. The number of hydrogen-bond acceptors (Lipinski definition) is 4. The number of aryl methyl sites for hydroxylation is 1. The number of carbonyl (C=O) groups excluding carboxylic acids is 1. The van der Waals surface area contributed by atoms with Crippen LogP contribution in [0.5, 0.6) is 5.75 Å². The second kappa shape index (κ2) is 9.12. The minimum absolute atomic E-state index is 0.0141. The van der Waals surface area contributed by atoms with Gasteiger partial charge in [-0.3, -0.25) is 4.79 Å². The number of imidazole rings is 1. The summed E-state index contributed by atoms with van der Waals surface area (Å²) in [4.78, 5) is 17.1. The van der Waals surface area contributed by atoms with Crippen LogP contribution in [-0.4, -0.2) is 27.8 Å². The zero-order valence-corrected chi connectivity index (χ0v) is 17.3. The minimum atomic E-state index is -0.208. The number of nitrogens with zero attached hydrogens (tertiary/aromatic N) is 2. The molecule has 0 radical (unpaired) electrons. The van der Waals surface area contributed by atoms with Gasteiger partial charge >= 0.3 is 0 Å². The zero-order valence-electron chi connectivity index (χ0n) is 16.5. The molecule has 0 aliphatic rings. The molecule has 1 N–H and O–H groups in total. The molecule has 0 bridgehead atoms. The van der Waals surface area contributed by atoms with Gasteiger partial charge in [-0.2, -0.15) is 0 Å². The van der Waals surface area contributed by atoms with Crippen LogP contribution in [0.4, 0.5) is 0 Å². The smallest absolute Gasteiger partial charge is 0.233 e. The Kier molecular flexibility index (Phi) is 7.14. The number of carbonyl (C=O) groups is 1. The molecule has 1 aromatic heterocycles. The summed E-state index contributed by atoms with van der Waals surface area (Å²) in [6.07, 6.45) is 0. The van der Waals surface area contributed by atoms with Crippen LogP contribution in [0.15, 0.2) is 29.4 Å². The summed E-state index contributed by atoms with van der Waals surface area (Å²) in [6, 6.07) is 7.71. The summed E-state index contributed by atoms with van der Waals surface area (Å²) in [5.41, 5.74) is 3.25. The van der Waals surface area contributed by atoms with E-state index in [9.17, 15) is 4.79 Å². The molecule has 1 amide bonds. The van der Waals surface area contributed by atoms with Crippen LogP contribution in [0.25, 0.3) is 0 Å². The Hall–Kier alpha value is -1.95. The molecule has 1 atom stereocenters. The number of benzene rings is 1. The lowest BCUT2D eigenvalue weighted by molar-refractivity contribution is -0.120. The van der Waals surface area contributed by atoms with E-state index < -0.39 is 0 Å². The minimum Gasteiger partial charge on any atom is -0.497 e.